The lowest BCUT2D eigenvalue weighted by atomic mass is 10.2. The minimum atomic E-state index is 0.198. The van der Waals surface area contributed by atoms with Crippen molar-refractivity contribution in [2.24, 2.45) is 5.73 Å². The third-order valence-corrected chi connectivity index (χ3v) is 2.16. The third-order valence-electron chi connectivity index (χ3n) is 2.16. The Morgan fingerprint density at radius 3 is 3.00 bits per heavy atom. The van der Waals surface area contributed by atoms with Gasteiger partial charge in [-0.05, 0) is 23.8 Å². The molecule has 1 aromatic heterocycles. The van der Waals surface area contributed by atoms with Gasteiger partial charge in [0.25, 0.3) is 5.88 Å². The van der Waals surface area contributed by atoms with Crippen molar-refractivity contribution < 1.29 is 4.74 Å². The quantitative estimate of drug-likeness (QED) is 0.859. The summed E-state index contributed by atoms with van der Waals surface area (Å²) in [5, 5.41) is 16.3. The highest BCUT2D eigenvalue weighted by Crippen LogP contribution is 2.22. The summed E-state index contributed by atoms with van der Waals surface area (Å²) in [6.07, 6.45) is 1.45. The number of nitrogens with two attached hydrogens (primary N) is 1. The molecule has 0 unspecified atom stereocenters. The molecule has 84 valence electrons. The van der Waals surface area contributed by atoms with Crippen LogP contribution >= 0.6 is 0 Å². The first-order valence-electron chi connectivity index (χ1n) is 5.02. The average molecular weight is 226 g/mol. The molecule has 2 rings (SSSR count). The Hall–Kier alpha value is -2.45. The minimum Gasteiger partial charge on any atom is -0.437 e. The van der Waals surface area contributed by atoms with Gasteiger partial charge in [-0.1, -0.05) is 12.1 Å². The molecular weight excluding hydrogens is 216 g/mol. The zero-order valence-corrected chi connectivity index (χ0v) is 9.00. The fraction of sp³-hybridized carbons (Fsp3) is 0.0833. The summed E-state index contributed by atoms with van der Waals surface area (Å²) in [6.45, 7) is 0.433. The Morgan fingerprint density at radius 2 is 2.24 bits per heavy atom. The molecule has 0 bridgehead atoms. The molecule has 1 heterocycles. The van der Waals surface area contributed by atoms with Crippen LogP contribution in [0, 0.1) is 11.3 Å². The van der Waals surface area contributed by atoms with Crippen LogP contribution in [-0.4, -0.2) is 10.2 Å². The van der Waals surface area contributed by atoms with Crippen molar-refractivity contribution in [1.29, 1.82) is 5.26 Å². The molecule has 0 aliphatic rings. The zero-order valence-electron chi connectivity index (χ0n) is 9.00. The summed E-state index contributed by atoms with van der Waals surface area (Å²) in [7, 11) is 0. The summed E-state index contributed by atoms with van der Waals surface area (Å²) in [5.41, 5.74) is 6.83. The molecule has 0 saturated heterocycles. The molecule has 5 nitrogen and oxygen atoms in total. The topological polar surface area (TPSA) is 84.8 Å². The number of rotatable bonds is 3. The maximum absolute atomic E-state index is 8.88. The highest BCUT2D eigenvalue weighted by molar-refractivity contribution is 5.39. The maximum atomic E-state index is 8.88. The minimum absolute atomic E-state index is 0.198. The van der Waals surface area contributed by atoms with E-state index in [1.54, 1.807) is 18.2 Å². The van der Waals surface area contributed by atoms with Crippen LogP contribution in [-0.2, 0) is 6.54 Å². The predicted octanol–water partition coefficient (Wildman–Crippen LogP) is 1.60. The Balaban J connectivity index is 2.28. The second-order valence-corrected chi connectivity index (χ2v) is 3.32. The van der Waals surface area contributed by atoms with Gasteiger partial charge in [0.15, 0.2) is 0 Å². The Kier molecular flexibility index (Phi) is 3.28. The van der Waals surface area contributed by atoms with E-state index in [2.05, 4.69) is 10.2 Å². The van der Waals surface area contributed by atoms with Crippen molar-refractivity contribution in [2.75, 3.05) is 0 Å². The van der Waals surface area contributed by atoms with Gasteiger partial charge in [0, 0.05) is 6.54 Å². The van der Waals surface area contributed by atoms with Crippen molar-refractivity contribution in [3.8, 4) is 17.7 Å². The number of hydrogen-bond donors (Lipinski definition) is 1. The number of nitrogens with zero attached hydrogens (tertiary/aromatic N) is 3. The first-order valence-corrected chi connectivity index (χ1v) is 5.02. The van der Waals surface area contributed by atoms with Crippen molar-refractivity contribution in [3.63, 3.8) is 0 Å². The van der Waals surface area contributed by atoms with Gasteiger partial charge in [-0.25, -0.2) is 0 Å². The van der Waals surface area contributed by atoms with Crippen LogP contribution in [0.4, 0.5) is 0 Å². The molecule has 0 spiro atoms. The summed E-state index contributed by atoms with van der Waals surface area (Å²) < 4.78 is 5.49. The van der Waals surface area contributed by atoms with E-state index in [9.17, 15) is 0 Å². The molecule has 0 aliphatic heterocycles. The van der Waals surface area contributed by atoms with Crippen LogP contribution < -0.4 is 10.5 Å². The molecule has 0 saturated carbocycles. The van der Waals surface area contributed by atoms with Gasteiger partial charge in [0.2, 0.25) is 0 Å². The fourth-order valence-corrected chi connectivity index (χ4v) is 1.33. The van der Waals surface area contributed by atoms with Crippen molar-refractivity contribution >= 4 is 0 Å². The van der Waals surface area contributed by atoms with Gasteiger partial charge >= 0.3 is 0 Å². The predicted molar refractivity (Wildman–Crippen MR) is 61.2 cm³/mol. The lowest BCUT2D eigenvalue weighted by molar-refractivity contribution is 0.453. The summed E-state index contributed by atoms with van der Waals surface area (Å²) >= 11 is 0. The second kappa shape index (κ2) is 5.05. The summed E-state index contributed by atoms with van der Waals surface area (Å²) in [6, 6.07) is 10.8. The van der Waals surface area contributed by atoms with Crippen LogP contribution in [0.2, 0.25) is 0 Å². The third kappa shape index (κ3) is 2.56. The van der Waals surface area contributed by atoms with Crippen LogP contribution in [0.3, 0.4) is 0 Å². The highest BCUT2D eigenvalue weighted by atomic mass is 16.5. The van der Waals surface area contributed by atoms with E-state index in [4.69, 9.17) is 15.7 Å². The van der Waals surface area contributed by atoms with Crippen LogP contribution in [0.5, 0.6) is 11.6 Å². The summed E-state index contributed by atoms with van der Waals surface area (Å²) in [5.74, 6) is 0.786. The van der Waals surface area contributed by atoms with Gasteiger partial charge in [0.1, 0.15) is 17.4 Å². The van der Waals surface area contributed by atoms with Gasteiger partial charge in [-0.15, -0.1) is 5.10 Å². The van der Waals surface area contributed by atoms with Crippen LogP contribution in [0.1, 0.15) is 11.1 Å². The molecular formula is C12H10N4O. The van der Waals surface area contributed by atoms with Gasteiger partial charge < -0.3 is 10.5 Å². The van der Waals surface area contributed by atoms with Gasteiger partial charge in [-0.3, -0.25) is 0 Å². The molecule has 0 radical (unpaired) electrons. The van der Waals surface area contributed by atoms with Gasteiger partial charge in [0.05, 0.1) is 6.20 Å². The van der Waals surface area contributed by atoms with E-state index < -0.39 is 0 Å². The highest BCUT2D eigenvalue weighted by Gasteiger charge is 2.06. The number of benzene rings is 1. The van der Waals surface area contributed by atoms with Crippen molar-refractivity contribution in [3.05, 3.63) is 47.7 Å². The normalized spacial score (nSPS) is 9.65. The Bertz CT molecular complexity index is 562. The van der Waals surface area contributed by atoms with Crippen molar-refractivity contribution in [2.45, 2.75) is 6.54 Å². The summed E-state index contributed by atoms with van der Waals surface area (Å²) in [4.78, 5) is 0. The molecule has 2 N–H and O–H groups in total. The molecule has 2 aromatic rings. The van der Waals surface area contributed by atoms with E-state index in [0.717, 1.165) is 5.56 Å². The SMILES string of the molecule is N#Cc1ccnnc1Oc1cccc(CN)c1. The smallest absolute Gasteiger partial charge is 0.256 e. The fourth-order valence-electron chi connectivity index (χ4n) is 1.33. The molecule has 0 amide bonds. The van der Waals surface area contributed by atoms with Crippen LogP contribution in [0.25, 0.3) is 0 Å². The lowest BCUT2D eigenvalue weighted by Crippen LogP contribution is -1.97. The maximum Gasteiger partial charge on any atom is 0.256 e. The first-order chi connectivity index (χ1) is 8.33. The molecule has 0 atom stereocenters. The standard InChI is InChI=1S/C12H10N4O/c13-7-9-2-1-3-11(6-9)17-12-10(8-14)4-5-15-16-12/h1-6H,7,13H2. The molecule has 17 heavy (non-hydrogen) atoms. The first kappa shape index (κ1) is 11.0. The van der Waals surface area contributed by atoms with Crippen LogP contribution in [0.15, 0.2) is 36.5 Å². The molecule has 5 heteroatoms. The molecule has 0 aliphatic carbocycles. The van der Waals surface area contributed by atoms with E-state index >= 15 is 0 Å². The second-order valence-electron chi connectivity index (χ2n) is 3.32. The van der Waals surface area contributed by atoms with Crippen molar-refractivity contribution in [1.82, 2.24) is 10.2 Å². The Morgan fingerprint density at radius 1 is 1.35 bits per heavy atom. The van der Waals surface area contributed by atoms with E-state index in [1.165, 1.54) is 6.20 Å². The monoisotopic (exact) mass is 226 g/mol. The number of nitriles is 1. The Labute approximate surface area is 98.5 Å². The number of aromatic nitrogens is 2. The average Bonchev–Trinajstić information content (AvgIpc) is 2.39. The molecule has 0 fully saturated rings. The lowest BCUT2D eigenvalue weighted by Gasteiger charge is -2.06. The van der Waals surface area contributed by atoms with E-state index in [0.29, 0.717) is 17.9 Å². The largest absolute Gasteiger partial charge is 0.437 e. The number of ether oxygens (including phenoxy) is 1. The zero-order chi connectivity index (χ0) is 12.1. The van der Waals surface area contributed by atoms with E-state index in [1.807, 2.05) is 18.2 Å². The van der Waals surface area contributed by atoms with E-state index in [-0.39, 0.29) is 5.88 Å². The molecule has 1 aromatic carbocycles. The van der Waals surface area contributed by atoms with Gasteiger partial charge in [-0.2, -0.15) is 10.4 Å². The number of hydrogen-bond acceptors (Lipinski definition) is 5.